The van der Waals surface area contributed by atoms with E-state index in [4.69, 9.17) is 0 Å². The number of hydrogen-bond donors (Lipinski definition) is 0. The van der Waals surface area contributed by atoms with Crippen molar-refractivity contribution < 1.29 is 4.79 Å². The van der Waals surface area contributed by atoms with E-state index in [-0.39, 0.29) is 5.78 Å². The third-order valence-electron chi connectivity index (χ3n) is 4.88. The average Bonchev–Trinajstić information content (AvgIpc) is 2.73. The van der Waals surface area contributed by atoms with E-state index in [0.29, 0.717) is 6.42 Å². The summed E-state index contributed by atoms with van der Waals surface area (Å²) in [6.07, 6.45) is 4.40. The summed E-state index contributed by atoms with van der Waals surface area (Å²) >= 11 is 0. The summed E-state index contributed by atoms with van der Waals surface area (Å²) < 4.78 is 0. The van der Waals surface area contributed by atoms with E-state index in [0.717, 1.165) is 6.04 Å². The van der Waals surface area contributed by atoms with Crippen molar-refractivity contribution in [2.45, 2.75) is 19.4 Å². The van der Waals surface area contributed by atoms with Crippen molar-refractivity contribution in [1.29, 1.82) is 0 Å². The lowest BCUT2D eigenvalue weighted by atomic mass is 10.3. The second kappa shape index (κ2) is 8.59. The van der Waals surface area contributed by atoms with Crippen molar-refractivity contribution in [2.75, 3.05) is 0 Å². The monoisotopic (exact) mass is 356 g/mol. The van der Waals surface area contributed by atoms with Gasteiger partial charge in [0.2, 0.25) is 0 Å². The van der Waals surface area contributed by atoms with E-state index >= 15 is 0 Å². The minimum atomic E-state index is -2.24. The van der Waals surface area contributed by atoms with Gasteiger partial charge in [0.1, 0.15) is 0 Å². The van der Waals surface area contributed by atoms with Crippen LogP contribution in [-0.2, 0) is 4.79 Å². The smallest absolute Gasteiger partial charge is 0.155 e. The molecule has 2 heteroatoms. The molecule has 0 saturated carbocycles. The molecule has 3 aromatic carbocycles. The molecule has 0 unspecified atom stereocenters. The minimum Gasteiger partial charge on any atom is -0.295 e. The Labute approximate surface area is 157 Å². The second-order valence-corrected chi connectivity index (χ2v) is 10.4. The molecule has 26 heavy (non-hydrogen) atoms. The molecule has 0 heterocycles. The van der Waals surface area contributed by atoms with Gasteiger partial charge in [0.05, 0.1) is 0 Å². The molecule has 0 N–H and O–H groups in total. The molecule has 1 nitrogen and oxygen atoms in total. The second-order valence-electron chi connectivity index (χ2n) is 6.43. The summed E-state index contributed by atoms with van der Waals surface area (Å²) in [4.78, 5) is 11.8. The summed E-state index contributed by atoms with van der Waals surface area (Å²) in [6.45, 7) is 1.91. The Balaban J connectivity index is 2.21. The van der Waals surface area contributed by atoms with Crippen molar-refractivity contribution in [3.63, 3.8) is 0 Å². The summed E-state index contributed by atoms with van der Waals surface area (Å²) in [5, 5.41) is 4.10. The zero-order chi connectivity index (χ0) is 18.2. The first-order valence-electron chi connectivity index (χ1n) is 9.13. The zero-order valence-electron chi connectivity index (χ0n) is 15.1. The van der Waals surface area contributed by atoms with E-state index in [1.165, 1.54) is 15.6 Å². The predicted molar refractivity (Wildman–Crippen MR) is 113 cm³/mol. The molecule has 3 rings (SSSR count). The molecule has 0 saturated heterocycles. The van der Waals surface area contributed by atoms with E-state index < -0.39 is 8.07 Å². The Kier molecular flexibility index (Phi) is 5.98. The number of allylic oxidation sites excluding steroid dienone is 2. The first kappa shape index (κ1) is 18.1. The van der Waals surface area contributed by atoms with Gasteiger partial charge in [0, 0.05) is 6.42 Å². The van der Waals surface area contributed by atoms with Gasteiger partial charge >= 0.3 is 0 Å². The van der Waals surface area contributed by atoms with Gasteiger partial charge in [-0.25, -0.2) is 0 Å². The van der Waals surface area contributed by atoms with Gasteiger partial charge in [-0.15, -0.1) is 0 Å². The number of hydrogen-bond acceptors (Lipinski definition) is 1. The molecule has 130 valence electrons. The summed E-state index contributed by atoms with van der Waals surface area (Å²) in [5.74, 6) is 0.182. The highest BCUT2D eigenvalue weighted by atomic mass is 28.3. The number of carbonyl (C=O) groups excluding carboxylic acids is 1. The summed E-state index contributed by atoms with van der Waals surface area (Å²) in [7, 11) is -2.24. The number of carbonyl (C=O) groups is 1. The van der Waals surface area contributed by atoms with Crippen LogP contribution in [0.2, 0.25) is 6.04 Å². The molecule has 0 atom stereocenters. The quantitative estimate of drug-likeness (QED) is 0.358. The topological polar surface area (TPSA) is 17.1 Å². The maximum Gasteiger partial charge on any atom is 0.155 e. The Morgan fingerprint density at radius 2 is 1.12 bits per heavy atom. The lowest BCUT2D eigenvalue weighted by molar-refractivity contribution is -0.114. The van der Waals surface area contributed by atoms with Crippen LogP contribution in [0.15, 0.2) is 103 Å². The molecule has 0 bridgehead atoms. The van der Waals surface area contributed by atoms with E-state index in [1.807, 2.05) is 6.92 Å². The summed E-state index contributed by atoms with van der Waals surface area (Å²) in [6, 6.07) is 33.2. The Bertz CT molecular complexity index is 758. The van der Waals surface area contributed by atoms with Gasteiger partial charge in [0.25, 0.3) is 0 Å². The highest BCUT2D eigenvalue weighted by Gasteiger charge is 2.37. The van der Waals surface area contributed by atoms with Crippen LogP contribution in [-0.4, -0.2) is 13.9 Å². The maximum atomic E-state index is 11.8. The standard InChI is InChI=1S/C24H24OSi/c1-2-21(25)13-12-20-26(22-14-6-3-7-15-22,23-16-8-4-9-17-23)24-18-10-5-11-19-24/h3-19H,2,20H2,1H3/b13-12+. The van der Waals surface area contributed by atoms with Gasteiger partial charge < -0.3 is 0 Å². The van der Waals surface area contributed by atoms with Gasteiger partial charge in [-0.05, 0) is 27.7 Å². The van der Waals surface area contributed by atoms with Crippen molar-refractivity contribution in [3.05, 3.63) is 103 Å². The average molecular weight is 357 g/mol. The first-order chi connectivity index (χ1) is 12.8. The lowest BCUT2D eigenvalue weighted by Crippen LogP contribution is -2.66. The van der Waals surface area contributed by atoms with Crippen molar-refractivity contribution in [3.8, 4) is 0 Å². The first-order valence-corrected chi connectivity index (χ1v) is 11.3. The lowest BCUT2D eigenvalue weighted by Gasteiger charge is -2.33. The maximum absolute atomic E-state index is 11.8. The van der Waals surface area contributed by atoms with E-state index in [1.54, 1.807) is 6.08 Å². The predicted octanol–water partition coefficient (Wildman–Crippen LogP) is 3.69. The Hall–Kier alpha value is -2.71. The number of rotatable bonds is 7. The third kappa shape index (κ3) is 3.76. The van der Waals surface area contributed by atoms with E-state index in [2.05, 4.69) is 97.1 Å². The number of benzene rings is 3. The third-order valence-corrected chi connectivity index (χ3v) is 9.68. The normalized spacial score (nSPS) is 11.6. The highest BCUT2D eigenvalue weighted by Crippen LogP contribution is 2.14. The van der Waals surface area contributed by atoms with Crippen molar-refractivity contribution in [2.24, 2.45) is 0 Å². The van der Waals surface area contributed by atoms with Gasteiger partial charge in [0.15, 0.2) is 13.9 Å². The molecule has 0 spiro atoms. The van der Waals surface area contributed by atoms with Crippen LogP contribution in [0.3, 0.4) is 0 Å². The van der Waals surface area contributed by atoms with Crippen molar-refractivity contribution in [1.82, 2.24) is 0 Å². The van der Waals surface area contributed by atoms with Crippen LogP contribution < -0.4 is 15.6 Å². The molecule has 0 amide bonds. The number of ketones is 1. The fourth-order valence-corrected chi connectivity index (χ4v) is 7.97. The molecule has 0 aliphatic carbocycles. The molecule has 3 aromatic rings. The van der Waals surface area contributed by atoms with Gasteiger partial charge in [-0.1, -0.05) is 104 Å². The van der Waals surface area contributed by atoms with Crippen LogP contribution >= 0.6 is 0 Å². The zero-order valence-corrected chi connectivity index (χ0v) is 16.1. The van der Waals surface area contributed by atoms with Crippen LogP contribution in [0.25, 0.3) is 0 Å². The fourth-order valence-electron chi connectivity index (χ4n) is 3.51. The largest absolute Gasteiger partial charge is 0.295 e. The van der Waals surface area contributed by atoms with Crippen LogP contribution in [0.5, 0.6) is 0 Å². The van der Waals surface area contributed by atoms with Crippen LogP contribution in [0.1, 0.15) is 13.3 Å². The van der Waals surface area contributed by atoms with Crippen LogP contribution in [0.4, 0.5) is 0 Å². The molecular formula is C24H24OSi. The molecular weight excluding hydrogens is 332 g/mol. The van der Waals surface area contributed by atoms with Gasteiger partial charge in [-0.2, -0.15) is 0 Å². The molecule has 0 radical (unpaired) electrons. The Morgan fingerprint density at radius 3 is 1.46 bits per heavy atom. The molecule has 0 aliphatic rings. The Morgan fingerprint density at radius 1 is 0.731 bits per heavy atom. The summed E-state index contributed by atoms with van der Waals surface area (Å²) in [5.41, 5.74) is 0. The van der Waals surface area contributed by atoms with E-state index in [9.17, 15) is 4.79 Å². The molecule has 0 aliphatic heterocycles. The highest BCUT2D eigenvalue weighted by molar-refractivity contribution is 7.11. The fraction of sp³-hybridized carbons (Fsp3) is 0.125. The van der Waals surface area contributed by atoms with Gasteiger partial charge in [-0.3, -0.25) is 4.79 Å². The SMILES string of the molecule is CCC(=O)/C=C/C[Si](c1ccccc1)(c1ccccc1)c1ccccc1. The minimum absolute atomic E-state index is 0.182. The van der Waals surface area contributed by atoms with Crippen molar-refractivity contribution >= 4 is 29.4 Å². The molecule has 0 aromatic heterocycles. The van der Waals surface area contributed by atoms with Crippen LogP contribution in [0, 0.1) is 0 Å². The molecule has 0 fully saturated rings.